The van der Waals surface area contributed by atoms with Crippen LogP contribution in [0.3, 0.4) is 0 Å². The predicted molar refractivity (Wildman–Crippen MR) is 139 cm³/mol. The number of rotatable bonds is 11. The Hall–Kier alpha value is -3.93. The summed E-state index contributed by atoms with van der Waals surface area (Å²) in [5.41, 5.74) is 1.11. The number of methoxy groups -OCH3 is 1. The van der Waals surface area contributed by atoms with Crippen LogP contribution in [0.4, 0.5) is 4.79 Å². The molecule has 11 heteroatoms. The third-order valence-corrected chi connectivity index (χ3v) is 6.27. The van der Waals surface area contributed by atoms with Crippen LogP contribution in [0.5, 0.6) is 11.5 Å². The number of unbranched alkanes of at least 4 members (excludes halogenated alkanes) is 1. The first-order valence-electron chi connectivity index (χ1n) is 12.9. The monoisotopic (exact) mass is 556 g/mol. The van der Waals surface area contributed by atoms with E-state index in [0.717, 1.165) is 17.4 Å². The van der Waals surface area contributed by atoms with E-state index in [1.165, 1.54) is 24.3 Å². The quantitative estimate of drug-likeness (QED) is 0.130. The van der Waals surface area contributed by atoms with Gasteiger partial charge in [0.25, 0.3) is 0 Å². The van der Waals surface area contributed by atoms with Crippen LogP contribution in [-0.4, -0.2) is 69.9 Å². The van der Waals surface area contributed by atoms with Gasteiger partial charge < -0.3 is 37.9 Å². The fourth-order valence-corrected chi connectivity index (χ4v) is 4.16. The minimum absolute atomic E-state index is 0.106. The predicted octanol–water partition coefficient (Wildman–Crippen LogP) is 4.15. The van der Waals surface area contributed by atoms with E-state index >= 15 is 0 Å². The molecular formula is C29H32O11. The van der Waals surface area contributed by atoms with Gasteiger partial charge in [-0.05, 0) is 49.2 Å². The molecule has 0 aliphatic carbocycles. The molecule has 2 aromatic rings. The summed E-state index contributed by atoms with van der Waals surface area (Å²) in [6, 6.07) is 13.3. The Labute approximate surface area is 231 Å². The highest BCUT2D eigenvalue weighted by molar-refractivity contribution is 5.89. The second-order valence-corrected chi connectivity index (χ2v) is 8.98. The molecule has 0 spiro atoms. The van der Waals surface area contributed by atoms with Crippen LogP contribution < -0.4 is 9.47 Å². The molecule has 0 radical (unpaired) electrons. The highest BCUT2D eigenvalue weighted by atomic mass is 16.7. The zero-order valence-corrected chi connectivity index (χ0v) is 22.2. The van der Waals surface area contributed by atoms with Gasteiger partial charge in [-0.15, -0.1) is 0 Å². The van der Waals surface area contributed by atoms with Gasteiger partial charge in [-0.1, -0.05) is 18.7 Å². The van der Waals surface area contributed by atoms with Gasteiger partial charge in [-0.3, -0.25) is 0 Å². The van der Waals surface area contributed by atoms with Crippen LogP contribution in [0.25, 0.3) is 0 Å². The van der Waals surface area contributed by atoms with Crippen LogP contribution in [0.15, 0.2) is 61.2 Å². The summed E-state index contributed by atoms with van der Waals surface area (Å²) in [6.45, 7) is 4.34. The Balaban J connectivity index is 1.24. The number of carbonyl (C=O) groups is 3. The van der Waals surface area contributed by atoms with Crippen LogP contribution in [0, 0.1) is 0 Å². The highest BCUT2D eigenvalue weighted by Crippen LogP contribution is 2.34. The molecule has 2 aliphatic rings. The zero-order chi connectivity index (χ0) is 28.3. The number of hydrogen-bond acceptors (Lipinski definition) is 11. The first kappa shape index (κ1) is 29.1. The lowest BCUT2D eigenvalue weighted by molar-refractivity contribution is -0.298. The molecule has 2 saturated heterocycles. The normalized spacial score (nSPS) is 21.8. The maximum atomic E-state index is 12.9. The number of carbonyl (C=O) groups excluding carboxylic acids is 3. The van der Waals surface area contributed by atoms with Gasteiger partial charge in [0.2, 0.25) is 0 Å². The molecular weight excluding hydrogens is 524 g/mol. The van der Waals surface area contributed by atoms with Crippen molar-refractivity contribution in [2.75, 3.05) is 33.5 Å². The smallest absolute Gasteiger partial charge is 0.497 e. The van der Waals surface area contributed by atoms with Gasteiger partial charge in [-0.25, -0.2) is 14.4 Å². The van der Waals surface area contributed by atoms with Crippen molar-refractivity contribution < 1.29 is 52.3 Å². The Morgan fingerprint density at radius 3 is 2.35 bits per heavy atom. The molecule has 40 heavy (non-hydrogen) atoms. The summed E-state index contributed by atoms with van der Waals surface area (Å²) >= 11 is 0. The molecule has 2 aliphatic heterocycles. The minimum Gasteiger partial charge on any atom is -0.497 e. The SMILES string of the molecule is C=CC(=O)OCCCCOC(=O)Oc1ccc(C(=O)O[C@@H]2CCO[C@H]3CO[C@H](c4ccc(OC)cc4)O[C@@H]32)cc1. The number of benzene rings is 2. The summed E-state index contributed by atoms with van der Waals surface area (Å²) in [5.74, 6) is -0.102. The highest BCUT2D eigenvalue weighted by Gasteiger charge is 2.43. The molecule has 4 atom stereocenters. The molecule has 2 aromatic carbocycles. The number of esters is 2. The molecule has 0 unspecified atom stereocenters. The third kappa shape index (κ3) is 8.04. The van der Waals surface area contributed by atoms with Crippen molar-refractivity contribution in [3.05, 3.63) is 72.3 Å². The second kappa shape index (κ2) is 14.5. The molecule has 0 bridgehead atoms. The van der Waals surface area contributed by atoms with E-state index in [4.69, 9.17) is 37.9 Å². The average molecular weight is 557 g/mol. The van der Waals surface area contributed by atoms with E-state index in [0.29, 0.717) is 32.5 Å². The van der Waals surface area contributed by atoms with Crippen LogP contribution >= 0.6 is 0 Å². The van der Waals surface area contributed by atoms with Crippen molar-refractivity contribution in [3.63, 3.8) is 0 Å². The number of ether oxygens (including phenoxy) is 8. The number of hydrogen-bond donors (Lipinski definition) is 0. The van der Waals surface area contributed by atoms with E-state index < -0.39 is 36.6 Å². The lowest BCUT2D eigenvalue weighted by atomic mass is 10.0. The van der Waals surface area contributed by atoms with Crippen LogP contribution in [-0.2, 0) is 33.2 Å². The summed E-state index contributed by atoms with van der Waals surface area (Å²) in [5, 5.41) is 0. The second-order valence-electron chi connectivity index (χ2n) is 8.98. The minimum atomic E-state index is -0.880. The largest absolute Gasteiger partial charge is 0.513 e. The van der Waals surface area contributed by atoms with E-state index in [1.54, 1.807) is 7.11 Å². The third-order valence-electron chi connectivity index (χ3n) is 6.27. The van der Waals surface area contributed by atoms with Crippen molar-refractivity contribution >= 4 is 18.1 Å². The van der Waals surface area contributed by atoms with Crippen LogP contribution in [0.1, 0.15) is 41.5 Å². The van der Waals surface area contributed by atoms with Crippen molar-refractivity contribution in [1.82, 2.24) is 0 Å². The molecule has 11 nitrogen and oxygen atoms in total. The first-order valence-corrected chi connectivity index (χ1v) is 12.9. The maximum absolute atomic E-state index is 12.9. The van der Waals surface area contributed by atoms with Crippen molar-refractivity contribution in [2.45, 2.75) is 43.9 Å². The standard InChI is InChI=1S/C29H32O11/c1-3-25(30)35-15-4-5-16-36-29(32)38-22-12-6-19(7-13-22)27(31)39-23-14-17-34-24-18-37-28(40-26(23)24)20-8-10-21(33-2)11-9-20/h3,6-13,23-24,26,28H,1,4-5,14-18H2,2H3/t23-,24+,26-,28+/m1/s1. The van der Waals surface area contributed by atoms with Gasteiger partial charge in [0.05, 0.1) is 39.1 Å². The molecule has 2 heterocycles. The summed E-state index contributed by atoms with van der Waals surface area (Å²) in [6.07, 6.45) is -0.300. The van der Waals surface area contributed by atoms with E-state index in [2.05, 4.69) is 6.58 Å². The molecule has 0 N–H and O–H groups in total. The molecule has 0 aromatic heterocycles. The molecule has 0 amide bonds. The number of fused-ring (bicyclic) bond motifs is 1. The maximum Gasteiger partial charge on any atom is 0.513 e. The van der Waals surface area contributed by atoms with Crippen LogP contribution in [0.2, 0.25) is 0 Å². The Morgan fingerprint density at radius 2 is 1.65 bits per heavy atom. The van der Waals surface area contributed by atoms with Gasteiger partial charge in [0, 0.05) is 18.1 Å². The molecule has 4 rings (SSSR count). The van der Waals surface area contributed by atoms with Gasteiger partial charge in [0.1, 0.15) is 29.8 Å². The summed E-state index contributed by atoms with van der Waals surface area (Å²) in [7, 11) is 1.60. The van der Waals surface area contributed by atoms with Crippen molar-refractivity contribution in [3.8, 4) is 11.5 Å². The van der Waals surface area contributed by atoms with E-state index in [1.807, 2.05) is 24.3 Å². The Kier molecular flexibility index (Phi) is 10.5. The van der Waals surface area contributed by atoms with E-state index in [-0.39, 0.29) is 30.6 Å². The van der Waals surface area contributed by atoms with Gasteiger partial charge >= 0.3 is 18.1 Å². The zero-order valence-electron chi connectivity index (χ0n) is 22.2. The average Bonchev–Trinajstić information content (AvgIpc) is 2.99. The molecule has 0 saturated carbocycles. The lowest BCUT2D eigenvalue weighted by Crippen LogP contribution is -2.53. The summed E-state index contributed by atoms with van der Waals surface area (Å²) in [4.78, 5) is 35.8. The molecule has 2 fully saturated rings. The lowest BCUT2D eigenvalue weighted by Gasteiger charge is -2.42. The molecule has 214 valence electrons. The van der Waals surface area contributed by atoms with Gasteiger partial charge in [-0.2, -0.15) is 0 Å². The Bertz CT molecular complexity index is 1150. The topological polar surface area (TPSA) is 125 Å². The van der Waals surface area contributed by atoms with Crippen molar-refractivity contribution in [2.24, 2.45) is 0 Å². The summed E-state index contributed by atoms with van der Waals surface area (Å²) < 4.78 is 43.8. The Morgan fingerprint density at radius 1 is 0.950 bits per heavy atom. The fraction of sp³-hybridized carbons (Fsp3) is 0.414. The van der Waals surface area contributed by atoms with E-state index in [9.17, 15) is 14.4 Å². The van der Waals surface area contributed by atoms with Gasteiger partial charge in [0.15, 0.2) is 6.29 Å². The fourth-order valence-electron chi connectivity index (χ4n) is 4.16. The van der Waals surface area contributed by atoms with Crippen molar-refractivity contribution in [1.29, 1.82) is 0 Å². The first-order chi connectivity index (χ1) is 19.5.